The standard InChI is InChI=1S/C13H9NO5/c15-12-6-5-10(7-11(12)14(18)19)8-1-3-9(4-2-8)13(16)17/h1,3-7H,2H2,(H,16,17)/b10-8-. The molecule has 96 valence electrons. The molecule has 0 atom stereocenters. The molecule has 19 heavy (non-hydrogen) atoms. The first-order valence-corrected chi connectivity index (χ1v) is 5.42. The zero-order chi connectivity index (χ0) is 14.0. The van der Waals surface area contributed by atoms with E-state index in [1.807, 2.05) is 0 Å². The Morgan fingerprint density at radius 3 is 2.53 bits per heavy atom. The summed E-state index contributed by atoms with van der Waals surface area (Å²) in [6.07, 6.45) is 8.74. The van der Waals surface area contributed by atoms with Crippen molar-refractivity contribution in [2.45, 2.75) is 6.42 Å². The van der Waals surface area contributed by atoms with Crippen molar-refractivity contribution in [3.8, 4) is 0 Å². The summed E-state index contributed by atoms with van der Waals surface area (Å²) >= 11 is 0. The van der Waals surface area contributed by atoms with Gasteiger partial charge in [0.05, 0.1) is 10.5 Å². The van der Waals surface area contributed by atoms with Crippen molar-refractivity contribution in [3.05, 3.63) is 69.0 Å². The van der Waals surface area contributed by atoms with Crippen molar-refractivity contribution in [3.63, 3.8) is 0 Å². The zero-order valence-electron chi connectivity index (χ0n) is 9.70. The fourth-order valence-electron chi connectivity index (χ4n) is 1.78. The van der Waals surface area contributed by atoms with E-state index in [1.54, 1.807) is 6.08 Å². The summed E-state index contributed by atoms with van der Waals surface area (Å²) < 4.78 is 0. The second-order valence-corrected chi connectivity index (χ2v) is 3.97. The maximum Gasteiger partial charge on any atom is 0.335 e. The molecule has 2 rings (SSSR count). The van der Waals surface area contributed by atoms with Gasteiger partial charge in [-0.25, -0.2) is 4.79 Å². The highest BCUT2D eigenvalue weighted by Crippen LogP contribution is 2.24. The Kier molecular flexibility index (Phi) is 3.24. The van der Waals surface area contributed by atoms with Crippen LogP contribution < -0.4 is 0 Å². The van der Waals surface area contributed by atoms with Gasteiger partial charge < -0.3 is 5.11 Å². The zero-order valence-corrected chi connectivity index (χ0v) is 9.70. The van der Waals surface area contributed by atoms with Crippen LogP contribution in [0.4, 0.5) is 0 Å². The molecule has 0 heterocycles. The predicted molar refractivity (Wildman–Crippen MR) is 65.7 cm³/mol. The lowest BCUT2D eigenvalue weighted by atomic mass is 9.94. The van der Waals surface area contributed by atoms with Gasteiger partial charge in [-0.15, -0.1) is 0 Å². The van der Waals surface area contributed by atoms with Gasteiger partial charge in [0, 0.05) is 6.08 Å². The van der Waals surface area contributed by atoms with Crippen LogP contribution in [-0.2, 0) is 9.59 Å². The molecular weight excluding hydrogens is 250 g/mol. The highest BCUT2D eigenvalue weighted by atomic mass is 16.6. The summed E-state index contributed by atoms with van der Waals surface area (Å²) in [6, 6.07) is 0. The molecule has 0 aliphatic heterocycles. The molecule has 0 radical (unpaired) electrons. The minimum Gasteiger partial charge on any atom is -0.478 e. The summed E-state index contributed by atoms with van der Waals surface area (Å²) in [6.45, 7) is 0. The van der Waals surface area contributed by atoms with Gasteiger partial charge in [-0.2, -0.15) is 0 Å². The lowest BCUT2D eigenvalue weighted by Crippen LogP contribution is -2.12. The number of carbonyl (C=O) groups excluding carboxylic acids is 1. The van der Waals surface area contributed by atoms with Gasteiger partial charge in [0.2, 0.25) is 0 Å². The number of nitro groups is 1. The van der Waals surface area contributed by atoms with Crippen molar-refractivity contribution in [2.24, 2.45) is 0 Å². The van der Waals surface area contributed by atoms with Crippen LogP contribution >= 0.6 is 0 Å². The van der Waals surface area contributed by atoms with E-state index in [-0.39, 0.29) is 5.57 Å². The largest absolute Gasteiger partial charge is 0.478 e. The maximum atomic E-state index is 11.3. The van der Waals surface area contributed by atoms with Gasteiger partial charge in [-0.1, -0.05) is 18.2 Å². The number of hydrogen-bond acceptors (Lipinski definition) is 4. The van der Waals surface area contributed by atoms with Crippen LogP contribution in [-0.4, -0.2) is 21.8 Å². The normalized spacial score (nSPS) is 22.0. The molecule has 6 heteroatoms. The van der Waals surface area contributed by atoms with E-state index < -0.39 is 22.4 Å². The van der Waals surface area contributed by atoms with Crippen LogP contribution in [0.15, 0.2) is 58.9 Å². The average Bonchev–Trinajstić information content (AvgIpc) is 2.39. The number of aliphatic carboxylic acids is 1. The van der Waals surface area contributed by atoms with Gasteiger partial charge in [-0.3, -0.25) is 14.9 Å². The van der Waals surface area contributed by atoms with Crippen molar-refractivity contribution in [2.75, 3.05) is 0 Å². The van der Waals surface area contributed by atoms with Crippen LogP contribution in [0.25, 0.3) is 0 Å². The van der Waals surface area contributed by atoms with Crippen molar-refractivity contribution in [1.29, 1.82) is 0 Å². The first kappa shape index (κ1) is 12.7. The van der Waals surface area contributed by atoms with E-state index in [4.69, 9.17) is 5.11 Å². The third-order valence-corrected chi connectivity index (χ3v) is 2.78. The Bertz CT molecular complexity index is 631. The van der Waals surface area contributed by atoms with Gasteiger partial charge in [0.15, 0.2) is 0 Å². The molecular formula is C13H9NO5. The van der Waals surface area contributed by atoms with E-state index in [2.05, 4.69) is 0 Å². The van der Waals surface area contributed by atoms with Crippen molar-refractivity contribution in [1.82, 2.24) is 0 Å². The molecule has 2 aliphatic carbocycles. The Morgan fingerprint density at radius 2 is 2.00 bits per heavy atom. The summed E-state index contributed by atoms with van der Waals surface area (Å²) in [5.41, 5.74) is 0.974. The monoisotopic (exact) mass is 259 g/mol. The van der Waals surface area contributed by atoms with E-state index in [9.17, 15) is 19.7 Å². The van der Waals surface area contributed by atoms with Gasteiger partial charge in [0.25, 0.3) is 5.78 Å². The Balaban J connectivity index is 2.34. The quantitative estimate of drug-likeness (QED) is 0.599. The summed E-state index contributed by atoms with van der Waals surface area (Å²) in [4.78, 5) is 32.0. The number of carboxylic acid groups (broad SMARTS) is 1. The van der Waals surface area contributed by atoms with Gasteiger partial charge >= 0.3 is 11.7 Å². The van der Waals surface area contributed by atoms with Crippen LogP contribution in [0.2, 0.25) is 0 Å². The Morgan fingerprint density at radius 1 is 1.26 bits per heavy atom. The van der Waals surface area contributed by atoms with Crippen LogP contribution in [0.5, 0.6) is 0 Å². The molecule has 0 bridgehead atoms. The van der Waals surface area contributed by atoms with Crippen molar-refractivity contribution >= 4 is 11.8 Å². The third kappa shape index (κ3) is 2.57. The minimum atomic E-state index is -1.02. The smallest absolute Gasteiger partial charge is 0.335 e. The number of hydrogen-bond donors (Lipinski definition) is 1. The van der Waals surface area contributed by atoms with Crippen LogP contribution in [0.3, 0.4) is 0 Å². The lowest BCUT2D eigenvalue weighted by molar-refractivity contribution is -0.418. The average molecular weight is 259 g/mol. The SMILES string of the molecule is O=C(O)C1=CC/C(=C2/C=CC(=O)C([N+](=O)[O-])=C2)C=C1. The maximum absolute atomic E-state index is 11.3. The molecule has 0 saturated carbocycles. The van der Waals surface area contributed by atoms with Gasteiger partial charge in [0.1, 0.15) is 0 Å². The van der Waals surface area contributed by atoms with Crippen molar-refractivity contribution < 1.29 is 19.6 Å². The number of nitrogens with zero attached hydrogens (tertiary/aromatic N) is 1. The first-order chi connectivity index (χ1) is 8.99. The van der Waals surface area contributed by atoms with E-state index in [1.165, 1.54) is 24.3 Å². The number of allylic oxidation sites excluding steroid dienone is 7. The first-order valence-electron chi connectivity index (χ1n) is 5.42. The second-order valence-electron chi connectivity index (χ2n) is 3.97. The Labute approximate surface area is 107 Å². The molecule has 2 aliphatic rings. The fourth-order valence-corrected chi connectivity index (χ4v) is 1.78. The van der Waals surface area contributed by atoms with E-state index in [0.717, 1.165) is 11.6 Å². The fraction of sp³-hybridized carbons (Fsp3) is 0.0769. The number of rotatable bonds is 2. The molecule has 0 aromatic rings. The highest BCUT2D eigenvalue weighted by molar-refractivity contribution is 6.04. The van der Waals surface area contributed by atoms with Crippen LogP contribution in [0, 0.1) is 10.1 Å². The van der Waals surface area contributed by atoms with Crippen LogP contribution in [0.1, 0.15) is 6.42 Å². The Hall–Kier alpha value is -2.76. The molecule has 0 amide bonds. The molecule has 0 fully saturated rings. The number of carbonyl (C=O) groups is 2. The van der Waals surface area contributed by atoms with E-state index >= 15 is 0 Å². The summed E-state index contributed by atoms with van der Waals surface area (Å²) in [5, 5.41) is 19.5. The van der Waals surface area contributed by atoms with Gasteiger partial charge in [-0.05, 0) is 29.7 Å². The molecule has 0 saturated heterocycles. The number of ketones is 1. The lowest BCUT2D eigenvalue weighted by Gasteiger charge is -2.10. The number of carboxylic acids is 1. The second kappa shape index (κ2) is 4.85. The molecule has 6 nitrogen and oxygen atoms in total. The summed E-state index contributed by atoms with van der Waals surface area (Å²) in [7, 11) is 0. The molecule has 1 N–H and O–H groups in total. The minimum absolute atomic E-state index is 0.179. The third-order valence-electron chi connectivity index (χ3n) is 2.78. The predicted octanol–water partition coefficient (Wildman–Crippen LogP) is 1.55. The topological polar surface area (TPSA) is 97.5 Å². The molecule has 0 aromatic carbocycles. The van der Waals surface area contributed by atoms with E-state index in [0.29, 0.717) is 12.0 Å². The highest BCUT2D eigenvalue weighted by Gasteiger charge is 2.23. The molecule has 0 spiro atoms. The molecule has 0 unspecified atom stereocenters. The molecule has 0 aromatic heterocycles. The summed E-state index contributed by atoms with van der Waals surface area (Å²) in [5.74, 6) is -1.66.